The Morgan fingerprint density at radius 3 is 2.60 bits per heavy atom. The van der Waals surface area contributed by atoms with Crippen LogP contribution in [-0.2, 0) is 16.8 Å². The van der Waals surface area contributed by atoms with Crippen LogP contribution < -0.4 is 0 Å². The lowest BCUT2D eigenvalue weighted by atomic mass is 9.92. The minimum Gasteiger partial charge on any atom is -0.481 e. The molecule has 2 aromatic carbocycles. The maximum absolute atomic E-state index is 15.1. The van der Waals surface area contributed by atoms with E-state index in [-0.39, 0.29) is 29.6 Å². The fourth-order valence-corrected chi connectivity index (χ4v) is 6.01. The zero-order chi connectivity index (χ0) is 23.3. The number of carbonyl (C=O) groups is 1. The highest BCUT2D eigenvalue weighted by Crippen LogP contribution is 2.53. The molecular formula is C27H25ClFN3O2S. The highest BCUT2D eigenvalue weighted by atomic mass is 35.5. The number of pyridine rings is 1. The van der Waals surface area contributed by atoms with Crippen LogP contribution in [0, 0.1) is 11.7 Å². The number of fused-ring (bicyclic) bond motifs is 1. The van der Waals surface area contributed by atoms with Crippen LogP contribution in [0.5, 0.6) is 0 Å². The molecule has 0 radical (unpaired) electrons. The number of aromatic nitrogens is 2. The number of thiazole rings is 1. The van der Waals surface area contributed by atoms with Crippen LogP contribution in [0.1, 0.15) is 36.1 Å². The molecule has 5 nitrogen and oxygen atoms in total. The van der Waals surface area contributed by atoms with E-state index in [2.05, 4.69) is 40.2 Å². The summed E-state index contributed by atoms with van der Waals surface area (Å²) >= 11 is 1.42. The monoisotopic (exact) mass is 509 g/mol. The number of aliphatic carboxylic acids is 1. The number of nitrogens with zero attached hydrogens (tertiary/aromatic N) is 3. The van der Waals surface area contributed by atoms with Gasteiger partial charge in [-0.25, -0.2) is 14.4 Å². The van der Waals surface area contributed by atoms with Gasteiger partial charge in [0.15, 0.2) is 0 Å². The average Bonchev–Trinajstić information content (AvgIpc) is 3.32. The van der Waals surface area contributed by atoms with Crippen molar-refractivity contribution in [2.75, 3.05) is 13.1 Å². The topological polar surface area (TPSA) is 66.3 Å². The third kappa shape index (κ3) is 4.44. The summed E-state index contributed by atoms with van der Waals surface area (Å²) in [5.74, 6) is -1.40. The molecule has 6 rings (SSSR count). The van der Waals surface area contributed by atoms with E-state index in [9.17, 15) is 9.90 Å². The van der Waals surface area contributed by atoms with Crippen molar-refractivity contribution in [1.29, 1.82) is 0 Å². The van der Waals surface area contributed by atoms with E-state index in [0.29, 0.717) is 30.1 Å². The van der Waals surface area contributed by atoms with E-state index < -0.39 is 5.97 Å². The highest BCUT2D eigenvalue weighted by molar-refractivity contribution is 7.21. The Morgan fingerprint density at radius 1 is 1.11 bits per heavy atom. The van der Waals surface area contributed by atoms with Gasteiger partial charge in [0.25, 0.3) is 0 Å². The van der Waals surface area contributed by atoms with Gasteiger partial charge in [-0.1, -0.05) is 47.7 Å². The molecular weight excluding hydrogens is 485 g/mol. The number of halogens is 2. The van der Waals surface area contributed by atoms with Crippen LogP contribution in [0.15, 0.2) is 60.7 Å². The molecule has 0 spiro atoms. The van der Waals surface area contributed by atoms with Gasteiger partial charge >= 0.3 is 5.97 Å². The zero-order valence-electron chi connectivity index (χ0n) is 19.0. The Hall–Kier alpha value is -2.87. The first kappa shape index (κ1) is 23.9. The van der Waals surface area contributed by atoms with Crippen LogP contribution in [0.2, 0.25) is 0 Å². The van der Waals surface area contributed by atoms with Crippen molar-refractivity contribution in [3.63, 3.8) is 0 Å². The second-order valence-corrected chi connectivity index (χ2v) is 10.3. The molecule has 1 atom stereocenters. The highest BCUT2D eigenvalue weighted by Gasteiger charge is 2.47. The molecule has 4 aromatic rings. The van der Waals surface area contributed by atoms with E-state index in [1.54, 1.807) is 12.1 Å². The second kappa shape index (κ2) is 9.30. The Bertz CT molecular complexity index is 1390. The van der Waals surface area contributed by atoms with Crippen molar-refractivity contribution >= 4 is 40.1 Å². The zero-order valence-corrected chi connectivity index (χ0v) is 20.6. The Labute approximate surface area is 213 Å². The molecule has 1 N–H and O–H groups in total. The third-order valence-corrected chi connectivity index (χ3v) is 8.11. The van der Waals surface area contributed by atoms with E-state index in [0.717, 1.165) is 41.0 Å². The standard InChI is InChI=1S/C27H24FN3O2S.ClH/c28-21-14-17(15-31-13-10-18(16-31)26(32)33)6-7-20(21)24-29-22-8-9-23(30-25(22)34-24)27(11-12-27)19-4-2-1-3-5-19;/h1-9,14,18H,10-13,15-16H2,(H,32,33);1H/t18-;/m0./s1. The largest absolute Gasteiger partial charge is 0.481 e. The van der Waals surface area contributed by atoms with Gasteiger partial charge in [-0.15, -0.1) is 12.4 Å². The van der Waals surface area contributed by atoms with E-state index in [4.69, 9.17) is 4.98 Å². The minimum absolute atomic E-state index is 0. The molecule has 0 unspecified atom stereocenters. The van der Waals surface area contributed by atoms with Gasteiger partial charge in [-0.2, -0.15) is 0 Å². The van der Waals surface area contributed by atoms with Gasteiger partial charge in [0.05, 0.1) is 11.6 Å². The van der Waals surface area contributed by atoms with Crippen molar-refractivity contribution in [1.82, 2.24) is 14.9 Å². The lowest BCUT2D eigenvalue weighted by Gasteiger charge is -2.15. The van der Waals surface area contributed by atoms with Crippen molar-refractivity contribution in [2.24, 2.45) is 5.92 Å². The average molecular weight is 510 g/mol. The SMILES string of the molecule is Cl.O=C(O)[C@H]1CCN(Cc2ccc(-c3nc4ccc(C5(c6ccccc6)CC5)nc4s3)c(F)c2)C1. The minimum atomic E-state index is -0.756. The Kier molecular flexibility index (Phi) is 6.34. The maximum atomic E-state index is 15.1. The Morgan fingerprint density at radius 2 is 1.91 bits per heavy atom. The van der Waals surface area contributed by atoms with Gasteiger partial charge in [0, 0.05) is 24.1 Å². The number of benzene rings is 2. The number of hydrogen-bond donors (Lipinski definition) is 1. The molecule has 35 heavy (non-hydrogen) atoms. The first-order valence-corrected chi connectivity index (χ1v) is 12.4. The Balaban J connectivity index is 0.00000253. The first-order valence-electron chi connectivity index (χ1n) is 11.6. The van der Waals surface area contributed by atoms with E-state index in [1.807, 2.05) is 18.2 Å². The second-order valence-electron chi connectivity index (χ2n) is 9.36. The fourth-order valence-electron chi connectivity index (χ4n) is 5.04. The summed E-state index contributed by atoms with van der Waals surface area (Å²) in [5.41, 5.74) is 4.44. The fraction of sp³-hybridized carbons (Fsp3) is 0.296. The summed E-state index contributed by atoms with van der Waals surface area (Å²) in [7, 11) is 0. The van der Waals surface area contributed by atoms with Crippen molar-refractivity contribution in [2.45, 2.75) is 31.2 Å². The van der Waals surface area contributed by atoms with Crippen molar-refractivity contribution in [3.05, 3.63) is 83.3 Å². The molecule has 1 aliphatic heterocycles. The molecule has 1 saturated heterocycles. The van der Waals surface area contributed by atoms with Crippen LogP contribution in [0.3, 0.4) is 0 Å². The summed E-state index contributed by atoms with van der Waals surface area (Å²) in [4.78, 5) is 23.7. The molecule has 2 aromatic heterocycles. The van der Waals surface area contributed by atoms with Crippen LogP contribution in [0.25, 0.3) is 20.9 Å². The lowest BCUT2D eigenvalue weighted by molar-refractivity contribution is -0.141. The number of likely N-dealkylation sites (tertiary alicyclic amines) is 1. The van der Waals surface area contributed by atoms with E-state index in [1.165, 1.54) is 16.9 Å². The third-order valence-electron chi connectivity index (χ3n) is 7.11. The van der Waals surface area contributed by atoms with Gasteiger partial charge in [0.1, 0.15) is 21.2 Å². The van der Waals surface area contributed by atoms with Crippen LogP contribution >= 0.6 is 23.7 Å². The molecule has 180 valence electrons. The lowest BCUT2D eigenvalue weighted by Crippen LogP contribution is -2.22. The molecule has 8 heteroatoms. The molecule has 2 aliphatic rings. The number of carboxylic acid groups (broad SMARTS) is 1. The smallest absolute Gasteiger partial charge is 0.307 e. The molecule has 1 saturated carbocycles. The van der Waals surface area contributed by atoms with Gasteiger partial charge in [-0.05, 0) is 61.2 Å². The van der Waals surface area contributed by atoms with Crippen molar-refractivity contribution < 1.29 is 14.3 Å². The summed E-state index contributed by atoms with van der Waals surface area (Å²) in [6, 6.07) is 19.8. The van der Waals surface area contributed by atoms with Crippen molar-refractivity contribution in [3.8, 4) is 10.6 Å². The number of hydrogen-bond acceptors (Lipinski definition) is 5. The van der Waals surface area contributed by atoms with Gasteiger partial charge in [0.2, 0.25) is 0 Å². The predicted octanol–water partition coefficient (Wildman–Crippen LogP) is 5.91. The van der Waals surface area contributed by atoms with Gasteiger partial charge in [-0.3, -0.25) is 9.69 Å². The summed E-state index contributed by atoms with van der Waals surface area (Å²) in [6.07, 6.45) is 2.81. The maximum Gasteiger partial charge on any atom is 0.307 e. The molecule has 1 aliphatic carbocycles. The van der Waals surface area contributed by atoms with Gasteiger partial charge < -0.3 is 5.11 Å². The predicted molar refractivity (Wildman–Crippen MR) is 138 cm³/mol. The number of rotatable bonds is 6. The molecule has 2 fully saturated rings. The molecule has 3 heterocycles. The quantitative estimate of drug-likeness (QED) is 0.350. The number of carboxylic acids is 1. The molecule has 0 amide bonds. The normalized spacial score (nSPS) is 18.9. The summed E-state index contributed by atoms with van der Waals surface area (Å²) < 4.78 is 15.1. The first-order chi connectivity index (χ1) is 16.5. The summed E-state index contributed by atoms with van der Waals surface area (Å²) in [6.45, 7) is 1.78. The summed E-state index contributed by atoms with van der Waals surface area (Å²) in [5, 5.41) is 9.81. The van der Waals surface area contributed by atoms with Crippen LogP contribution in [-0.4, -0.2) is 39.0 Å². The molecule has 0 bridgehead atoms. The van der Waals surface area contributed by atoms with E-state index >= 15 is 4.39 Å². The van der Waals surface area contributed by atoms with Crippen LogP contribution in [0.4, 0.5) is 4.39 Å².